The molecule has 0 spiro atoms. The van der Waals surface area contributed by atoms with E-state index in [9.17, 15) is 0 Å². The second-order valence-electron chi connectivity index (χ2n) is 4.83. The highest BCUT2D eigenvalue weighted by molar-refractivity contribution is 7.09. The number of aryl methyl sites for hydroxylation is 1. The molecule has 1 rings (SSSR count). The van der Waals surface area contributed by atoms with Crippen LogP contribution in [0.2, 0.25) is 0 Å². The van der Waals surface area contributed by atoms with Gasteiger partial charge in [0, 0.05) is 10.9 Å². The molecule has 0 saturated heterocycles. The van der Waals surface area contributed by atoms with E-state index in [0.29, 0.717) is 11.5 Å². The maximum Gasteiger partial charge on any atom is 0.0116 e. The minimum atomic E-state index is 0.353. The second-order valence-corrected chi connectivity index (χ2v) is 5.86. The van der Waals surface area contributed by atoms with Crippen molar-refractivity contribution >= 4 is 11.3 Å². The van der Waals surface area contributed by atoms with Crippen molar-refractivity contribution in [1.82, 2.24) is 5.32 Å². The van der Waals surface area contributed by atoms with E-state index in [1.807, 2.05) is 11.3 Å². The van der Waals surface area contributed by atoms with Crippen LogP contribution in [0.4, 0.5) is 0 Å². The van der Waals surface area contributed by atoms with Crippen LogP contribution in [0.3, 0.4) is 0 Å². The fourth-order valence-electron chi connectivity index (χ4n) is 1.75. The second kappa shape index (κ2) is 4.94. The van der Waals surface area contributed by atoms with Crippen LogP contribution in [-0.2, 0) is 6.42 Å². The first-order valence-corrected chi connectivity index (χ1v) is 6.11. The zero-order valence-corrected chi connectivity index (χ0v) is 10.4. The molecule has 0 aliphatic carbocycles. The lowest BCUT2D eigenvalue weighted by Gasteiger charge is -2.30. The van der Waals surface area contributed by atoms with Gasteiger partial charge in [-0.25, -0.2) is 0 Å². The molecule has 14 heavy (non-hydrogen) atoms. The minimum absolute atomic E-state index is 0.353. The van der Waals surface area contributed by atoms with E-state index in [-0.39, 0.29) is 0 Å². The quantitative estimate of drug-likeness (QED) is 0.805. The van der Waals surface area contributed by atoms with E-state index in [2.05, 4.69) is 50.6 Å². The van der Waals surface area contributed by atoms with Gasteiger partial charge in [-0.2, -0.15) is 0 Å². The molecule has 1 unspecified atom stereocenters. The Kier molecular flexibility index (Phi) is 4.14. The van der Waals surface area contributed by atoms with Crippen molar-refractivity contribution in [2.45, 2.75) is 39.7 Å². The van der Waals surface area contributed by atoms with Crippen LogP contribution in [0.25, 0.3) is 0 Å². The SMILES string of the molecule is CNC(CCc1cccs1)C(C)(C)C. The molecule has 0 bridgehead atoms. The Labute approximate surface area is 91.5 Å². The lowest BCUT2D eigenvalue weighted by atomic mass is 9.84. The highest BCUT2D eigenvalue weighted by Gasteiger charge is 2.22. The van der Waals surface area contributed by atoms with Gasteiger partial charge >= 0.3 is 0 Å². The third kappa shape index (κ3) is 3.43. The normalized spacial score (nSPS) is 14.3. The van der Waals surface area contributed by atoms with E-state index in [0.717, 1.165) is 0 Å². The smallest absolute Gasteiger partial charge is 0.0116 e. The van der Waals surface area contributed by atoms with E-state index < -0.39 is 0 Å². The zero-order valence-electron chi connectivity index (χ0n) is 9.63. The number of hydrogen-bond donors (Lipinski definition) is 1. The van der Waals surface area contributed by atoms with Crippen molar-refractivity contribution in [2.24, 2.45) is 5.41 Å². The molecule has 0 aromatic carbocycles. The van der Waals surface area contributed by atoms with Crippen molar-refractivity contribution in [1.29, 1.82) is 0 Å². The van der Waals surface area contributed by atoms with E-state index in [1.165, 1.54) is 17.7 Å². The number of thiophene rings is 1. The van der Waals surface area contributed by atoms with Gasteiger partial charge < -0.3 is 5.32 Å². The van der Waals surface area contributed by atoms with Crippen LogP contribution >= 0.6 is 11.3 Å². The molecule has 1 N–H and O–H groups in total. The van der Waals surface area contributed by atoms with E-state index in [1.54, 1.807) is 0 Å². The molecule has 0 fully saturated rings. The maximum atomic E-state index is 3.41. The van der Waals surface area contributed by atoms with Crippen LogP contribution in [0.15, 0.2) is 17.5 Å². The van der Waals surface area contributed by atoms with Crippen molar-refractivity contribution < 1.29 is 0 Å². The summed E-state index contributed by atoms with van der Waals surface area (Å²) >= 11 is 1.86. The topological polar surface area (TPSA) is 12.0 Å². The monoisotopic (exact) mass is 211 g/mol. The maximum absolute atomic E-state index is 3.41. The van der Waals surface area contributed by atoms with Crippen LogP contribution in [0.1, 0.15) is 32.1 Å². The predicted octanol–water partition coefficient (Wildman–Crippen LogP) is 3.31. The van der Waals surface area contributed by atoms with Crippen molar-refractivity contribution in [3.05, 3.63) is 22.4 Å². The molecule has 0 amide bonds. The molecule has 1 heterocycles. The third-order valence-corrected chi connectivity index (χ3v) is 3.59. The van der Waals surface area contributed by atoms with Gasteiger partial charge in [0.2, 0.25) is 0 Å². The molecule has 80 valence electrons. The zero-order chi connectivity index (χ0) is 10.6. The largest absolute Gasteiger partial charge is 0.316 e. The summed E-state index contributed by atoms with van der Waals surface area (Å²) in [5.74, 6) is 0. The summed E-state index contributed by atoms with van der Waals surface area (Å²) in [7, 11) is 2.06. The Balaban J connectivity index is 2.43. The van der Waals surface area contributed by atoms with Gasteiger partial charge in [0.05, 0.1) is 0 Å². The summed E-state index contributed by atoms with van der Waals surface area (Å²) in [5.41, 5.74) is 0.353. The molecule has 1 nitrogen and oxygen atoms in total. The Morgan fingerprint density at radius 2 is 2.14 bits per heavy atom. The molecule has 2 heteroatoms. The molecule has 1 atom stereocenters. The van der Waals surface area contributed by atoms with Gasteiger partial charge in [0.15, 0.2) is 0 Å². The fourth-order valence-corrected chi connectivity index (χ4v) is 2.48. The van der Waals surface area contributed by atoms with Crippen LogP contribution in [0.5, 0.6) is 0 Å². The van der Waals surface area contributed by atoms with Gasteiger partial charge in [-0.3, -0.25) is 0 Å². The van der Waals surface area contributed by atoms with Crippen LogP contribution in [-0.4, -0.2) is 13.1 Å². The van der Waals surface area contributed by atoms with Gasteiger partial charge in [-0.15, -0.1) is 11.3 Å². The lowest BCUT2D eigenvalue weighted by Crippen LogP contribution is -2.38. The Morgan fingerprint density at radius 3 is 2.57 bits per heavy atom. The first kappa shape index (κ1) is 11.7. The van der Waals surface area contributed by atoms with Gasteiger partial charge in [-0.1, -0.05) is 26.8 Å². The lowest BCUT2D eigenvalue weighted by molar-refractivity contribution is 0.268. The molecule has 1 aromatic rings. The molecule has 0 radical (unpaired) electrons. The van der Waals surface area contributed by atoms with Gasteiger partial charge in [0.25, 0.3) is 0 Å². The van der Waals surface area contributed by atoms with Crippen molar-refractivity contribution in [3.8, 4) is 0 Å². The number of rotatable bonds is 4. The van der Waals surface area contributed by atoms with Crippen LogP contribution in [0, 0.1) is 5.41 Å². The molecule has 1 aromatic heterocycles. The highest BCUT2D eigenvalue weighted by atomic mass is 32.1. The van der Waals surface area contributed by atoms with Gasteiger partial charge in [-0.05, 0) is 36.8 Å². The third-order valence-electron chi connectivity index (χ3n) is 2.65. The minimum Gasteiger partial charge on any atom is -0.316 e. The molecule has 0 aliphatic heterocycles. The van der Waals surface area contributed by atoms with Crippen LogP contribution < -0.4 is 5.32 Å². The summed E-state index contributed by atoms with van der Waals surface area (Å²) in [5, 5.41) is 5.56. The molecular formula is C12H21NS. The predicted molar refractivity (Wildman–Crippen MR) is 64.9 cm³/mol. The average Bonchev–Trinajstić information content (AvgIpc) is 2.55. The summed E-state index contributed by atoms with van der Waals surface area (Å²) in [6.45, 7) is 6.88. The Morgan fingerprint density at radius 1 is 1.43 bits per heavy atom. The van der Waals surface area contributed by atoms with E-state index in [4.69, 9.17) is 0 Å². The summed E-state index contributed by atoms with van der Waals surface area (Å²) in [4.78, 5) is 1.49. The Hall–Kier alpha value is -0.340. The molecular weight excluding hydrogens is 190 g/mol. The first-order chi connectivity index (χ1) is 6.54. The van der Waals surface area contributed by atoms with Crippen molar-refractivity contribution in [3.63, 3.8) is 0 Å². The fraction of sp³-hybridized carbons (Fsp3) is 0.667. The summed E-state index contributed by atoms with van der Waals surface area (Å²) < 4.78 is 0. The standard InChI is InChI=1S/C12H21NS/c1-12(2,3)11(13-4)8-7-10-6-5-9-14-10/h5-6,9,11,13H,7-8H2,1-4H3. The number of nitrogens with one attached hydrogen (secondary N) is 1. The van der Waals surface area contributed by atoms with E-state index >= 15 is 0 Å². The van der Waals surface area contributed by atoms with Gasteiger partial charge in [0.1, 0.15) is 0 Å². The first-order valence-electron chi connectivity index (χ1n) is 5.23. The summed E-state index contributed by atoms with van der Waals surface area (Å²) in [6, 6.07) is 4.95. The molecule has 0 aliphatic rings. The van der Waals surface area contributed by atoms with Crippen molar-refractivity contribution in [2.75, 3.05) is 7.05 Å². The summed E-state index contributed by atoms with van der Waals surface area (Å²) in [6.07, 6.45) is 2.42. The number of hydrogen-bond acceptors (Lipinski definition) is 2. The highest BCUT2D eigenvalue weighted by Crippen LogP contribution is 2.23. The molecule has 0 saturated carbocycles. The average molecular weight is 211 g/mol. The Bertz CT molecular complexity index is 246.